The number of nitrogens with zero attached hydrogens (tertiary/aromatic N) is 1. The molecular formula is C20H28N2O7. The molecule has 1 aromatic rings. The van der Waals surface area contributed by atoms with Crippen LogP contribution in [-0.2, 0) is 29.4 Å². The summed E-state index contributed by atoms with van der Waals surface area (Å²) in [7, 11) is 0. The summed E-state index contributed by atoms with van der Waals surface area (Å²) < 4.78 is 32.1. The Kier molecular flexibility index (Phi) is 4.58. The molecule has 29 heavy (non-hydrogen) atoms. The van der Waals surface area contributed by atoms with E-state index in [4.69, 9.17) is 23.7 Å². The predicted octanol–water partition coefficient (Wildman–Crippen LogP) is 1.35. The molecule has 4 aliphatic rings. The Labute approximate surface area is 169 Å². The number of carbonyl (C=O) groups is 1. The van der Waals surface area contributed by atoms with Gasteiger partial charge in [0, 0.05) is 24.5 Å². The Morgan fingerprint density at radius 2 is 1.83 bits per heavy atom. The molecule has 0 radical (unpaired) electrons. The summed E-state index contributed by atoms with van der Waals surface area (Å²) >= 11 is 0. The van der Waals surface area contributed by atoms with Gasteiger partial charge in [-0.3, -0.25) is 4.79 Å². The monoisotopic (exact) mass is 408 g/mol. The number of nitrogens with one attached hydrogen (secondary N) is 1. The number of amides is 1. The quantitative estimate of drug-likeness (QED) is 0.806. The van der Waals surface area contributed by atoms with Crippen molar-refractivity contribution in [1.29, 1.82) is 0 Å². The fourth-order valence-corrected chi connectivity index (χ4v) is 4.08. The van der Waals surface area contributed by atoms with Crippen LogP contribution >= 0.6 is 0 Å². The first kappa shape index (κ1) is 20.3. The van der Waals surface area contributed by atoms with Crippen molar-refractivity contribution in [2.45, 2.75) is 69.5 Å². The van der Waals surface area contributed by atoms with Gasteiger partial charge in [0.2, 0.25) is 0 Å². The van der Waals surface area contributed by atoms with Gasteiger partial charge in [0.25, 0.3) is 0 Å². The highest BCUT2D eigenvalue weighted by Crippen LogP contribution is 2.51. The maximum absolute atomic E-state index is 12.2. The zero-order valence-electron chi connectivity index (χ0n) is 17.4. The maximum atomic E-state index is 12.2. The van der Waals surface area contributed by atoms with Crippen LogP contribution in [0.2, 0.25) is 0 Å². The minimum atomic E-state index is -0.959. The molecule has 5 heterocycles. The van der Waals surface area contributed by atoms with Crippen molar-refractivity contribution < 1.29 is 28.5 Å². The largest absolute Gasteiger partial charge is 0.444 e. The van der Waals surface area contributed by atoms with Crippen molar-refractivity contribution in [3.63, 3.8) is 0 Å². The summed E-state index contributed by atoms with van der Waals surface area (Å²) in [5.41, 5.74) is -2.56. The van der Waals surface area contributed by atoms with E-state index in [1.807, 2.05) is 13.8 Å². The Balaban J connectivity index is 1.60. The number of carbonyl (C=O) groups excluding carboxylic acids is 1. The van der Waals surface area contributed by atoms with E-state index in [1.165, 1.54) is 12.1 Å². The Bertz CT molecular complexity index is 829. The third kappa shape index (κ3) is 3.56. The first-order valence-electron chi connectivity index (χ1n) is 9.74. The number of pyridine rings is 1. The van der Waals surface area contributed by atoms with Crippen LogP contribution in [-0.4, -0.2) is 59.6 Å². The molecule has 0 saturated carbocycles. The van der Waals surface area contributed by atoms with Crippen LogP contribution < -0.4 is 10.7 Å². The molecule has 4 atom stereocenters. The van der Waals surface area contributed by atoms with Crippen molar-refractivity contribution in [3.8, 4) is 0 Å². The summed E-state index contributed by atoms with van der Waals surface area (Å²) in [6, 6.07) is 2.93. The second-order valence-corrected chi connectivity index (χ2v) is 9.26. The number of hydrogen-bond acceptors (Lipinski definition) is 7. The molecule has 1 N–H and O–H groups in total. The van der Waals surface area contributed by atoms with Gasteiger partial charge in [0.1, 0.15) is 23.4 Å². The van der Waals surface area contributed by atoms with Crippen molar-refractivity contribution in [2.24, 2.45) is 0 Å². The number of rotatable bonds is 3. The molecule has 1 aromatic heterocycles. The number of hydrogen-bond donors (Lipinski definition) is 1. The Hall–Kier alpha value is -1.94. The average Bonchev–Trinajstić information content (AvgIpc) is 2.98. The van der Waals surface area contributed by atoms with E-state index in [0.29, 0.717) is 0 Å². The Morgan fingerprint density at radius 3 is 2.41 bits per heavy atom. The van der Waals surface area contributed by atoms with Gasteiger partial charge in [-0.2, -0.15) is 0 Å². The minimum absolute atomic E-state index is 0.0958. The molecule has 0 aliphatic carbocycles. The summed E-state index contributed by atoms with van der Waals surface area (Å²) in [6.07, 6.45) is 1.83. The smallest absolute Gasteiger partial charge is 0.407 e. The molecule has 9 nitrogen and oxygen atoms in total. The molecule has 9 heteroatoms. The molecule has 4 fully saturated rings. The van der Waals surface area contributed by atoms with Crippen molar-refractivity contribution in [3.05, 3.63) is 34.7 Å². The highest BCUT2D eigenvalue weighted by Gasteiger charge is 2.70. The lowest BCUT2D eigenvalue weighted by molar-refractivity contribution is -0.359. The lowest BCUT2D eigenvalue weighted by atomic mass is 9.81. The fourth-order valence-electron chi connectivity index (χ4n) is 4.08. The lowest BCUT2D eigenvalue weighted by Crippen LogP contribution is -2.76. The van der Waals surface area contributed by atoms with Crippen molar-refractivity contribution >= 4 is 6.09 Å². The van der Waals surface area contributed by atoms with Gasteiger partial charge in [0.15, 0.2) is 16.9 Å². The van der Waals surface area contributed by atoms with E-state index in [0.717, 1.165) is 0 Å². The summed E-state index contributed by atoms with van der Waals surface area (Å²) in [5, 5.41) is 2.78. The predicted molar refractivity (Wildman–Crippen MR) is 101 cm³/mol. The van der Waals surface area contributed by atoms with Crippen LogP contribution in [0.3, 0.4) is 0 Å². The van der Waals surface area contributed by atoms with E-state index in [1.54, 1.807) is 37.7 Å². The molecule has 160 valence electrons. The van der Waals surface area contributed by atoms with Gasteiger partial charge in [-0.25, -0.2) is 4.79 Å². The van der Waals surface area contributed by atoms with E-state index in [-0.39, 0.29) is 25.2 Å². The zero-order chi connectivity index (χ0) is 21.1. The van der Waals surface area contributed by atoms with Crippen LogP contribution in [0.25, 0.3) is 0 Å². The number of aromatic nitrogens is 1. The number of fused-ring (bicyclic) bond motifs is 2. The van der Waals surface area contributed by atoms with Gasteiger partial charge in [-0.1, -0.05) is 0 Å². The van der Waals surface area contributed by atoms with Gasteiger partial charge >= 0.3 is 6.09 Å². The zero-order valence-corrected chi connectivity index (χ0v) is 17.4. The molecule has 1 amide bonds. The van der Waals surface area contributed by atoms with Gasteiger partial charge in [-0.05, 0) is 34.6 Å². The molecule has 2 bridgehead atoms. The van der Waals surface area contributed by atoms with E-state index in [2.05, 4.69) is 5.32 Å². The van der Waals surface area contributed by atoms with Crippen molar-refractivity contribution in [2.75, 3.05) is 19.8 Å². The highest BCUT2D eigenvalue weighted by molar-refractivity contribution is 5.67. The van der Waals surface area contributed by atoms with Crippen LogP contribution in [0, 0.1) is 0 Å². The van der Waals surface area contributed by atoms with Crippen LogP contribution in [0.1, 0.15) is 34.6 Å². The average molecular weight is 408 g/mol. The first-order valence-corrected chi connectivity index (χ1v) is 9.74. The van der Waals surface area contributed by atoms with Crippen LogP contribution in [0.5, 0.6) is 0 Å². The van der Waals surface area contributed by atoms with Gasteiger partial charge in [-0.15, -0.1) is 0 Å². The SMILES string of the molecule is CC(C)(C)OC(=O)NC[C@@]12COC(n3ccc(=O)cc3)(CO1)[C@H]1OC(C)(C)O[C@H]12. The molecule has 1 unspecified atom stereocenters. The summed E-state index contributed by atoms with van der Waals surface area (Å²) in [4.78, 5) is 23.7. The molecular weight excluding hydrogens is 380 g/mol. The molecule has 0 aromatic carbocycles. The normalized spacial score (nSPS) is 35.2. The number of ether oxygens (including phenoxy) is 5. The summed E-state index contributed by atoms with van der Waals surface area (Å²) in [6.45, 7) is 9.60. The van der Waals surface area contributed by atoms with Gasteiger partial charge < -0.3 is 33.6 Å². The van der Waals surface area contributed by atoms with Crippen molar-refractivity contribution in [1.82, 2.24) is 9.88 Å². The molecule has 4 aliphatic heterocycles. The van der Waals surface area contributed by atoms with Crippen LogP contribution in [0.4, 0.5) is 4.79 Å². The van der Waals surface area contributed by atoms with Crippen LogP contribution in [0.15, 0.2) is 29.3 Å². The number of alkyl carbamates (subject to hydrolysis) is 1. The molecule has 4 saturated heterocycles. The first-order chi connectivity index (χ1) is 13.4. The molecule has 5 rings (SSSR count). The third-order valence-electron chi connectivity index (χ3n) is 5.36. The maximum Gasteiger partial charge on any atom is 0.407 e. The minimum Gasteiger partial charge on any atom is -0.444 e. The topological polar surface area (TPSA) is 97.3 Å². The standard InChI is InChI=1S/C20H28N2O7/c1-17(2,3)29-16(24)21-10-19-11-26-20(12-25-19,22-8-6-13(23)7-9-22)15-14(19)27-18(4,5)28-15/h6-9,14-15H,10-12H2,1-5H3,(H,21,24)/t14-,15+,19+,20?/m1/s1. The molecule has 0 spiro atoms. The second-order valence-electron chi connectivity index (χ2n) is 9.26. The van der Waals surface area contributed by atoms with E-state index < -0.39 is 41.0 Å². The Morgan fingerprint density at radius 1 is 1.17 bits per heavy atom. The summed E-state index contributed by atoms with van der Waals surface area (Å²) in [5.74, 6) is -0.849. The lowest BCUT2D eigenvalue weighted by Gasteiger charge is -2.57. The van der Waals surface area contributed by atoms with E-state index >= 15 is 0 Å². The highest BCUT2D eigenvalue weighted by atomic mass is 16.8. The third-order valence-corrected chi connectivity index (χ3v) is 5.36. The fraction of sp³-hybridized carbons (Fsp3) is 0.700. The second kappa shape index (κ2) is 6.53. The van der Waals surface area contributed by atoms with Gasteiger partial charge in [0.05, 0.1) is 19.8 Å². The van der Waals surface area contributed by atoms with E-state index in [9.17, 15) is 9.59 Å².